The summed E-state index contributed by atoms with van der Waals surface area (Å²) < 4.78 is 5.71. The van der Waals surface area contributed by atoms with Gasteiger partial charge in [0, 0.05) is 42.8 Å². The number of hydrogen-bond acceptors (Lipinski definition) is 5. The Morgan fingerprint density at radius 1 is 1.16 bits per heavy atom. The number of hydrogen-bond donors (Lipinski definition) is 0. The molecule has 0 N–H and O–H groups in total. The average molecular weight is 353 g/mol. The van der Waals surface area contributed by atoms with Gasteiger partial charge in [-0.3, -0.25) is 9.78 Å². The van der Waals surface area contributed by atoms with E-state index in [4.69, 9.17) is 4.74 Å². The highest BCUT2D eigenvalue weighted by atomic mass is 32.1. The van der Waals surface area contributed by atoms with Crippen molar-refractivity contribution >= 4 is 17.2 Å². The summed E-state index contributed by atoms with van der Waals surface area (Å²) in [4.78, 5) is 22.8. The molecule has 25 heavy (non-hydrogen) atoms. The molecule has 1 aromatic carbocycles. The molecule has 0 saturated heterocycles. The maximum Gasteiger partial charge on any atom is 0.253 e. The minimum Gasteiger partial charge on any atom is -0.487 e. The fourth-order valence-electron chi connectivity index (χ4n) is 2.34. The van der Waals surface area contributed by atoms with Crippen LogP contribution in [-0.4, -0.2) is 34.4 Å². The summed E-state index contributed by atoms with van der Waals surface area (Å²) in [5, 5.41) is 1.94. The number of likely N-dealkylation sites (N-methyl/N-ethyl adjacent to an activating group) is 1. The van der Waals surface area contributed by atoms with Crippen LogP contribution in [0.3, 0.4) is 0 Å². The number of amides is 1. The first kappa shape index (κ1) is 17.1. The molecule has 6 heteroatoms. The van der Waals surface area contributed by atoms with Crippen molar-refractivity contribution in [2.24, 2.45) is 0 Å². The highest BCUT2D eigenvalue weighted by Crippen LogP contribution is 2.16. The molecule has 3 aromatic rings. The Bertz CT molecular complexity index is 807. The molecule has 2 heterocycles. The normalized spacial score (nSPS) is 10.4. The van der Waals surface area contributed by atoms with Crippen molar-refractivity contribution in [1.82, 2.24) is 14.9 Å². The summed E-state index contributed by atoms with van der Waals surface area (Å²) in [5.74, 6) is 0.631. The highest BCUT2D eigenvalue weighted by Gasteiger charge is 2.12. The SMILES string of the molecule is CN(CCc1ccccn1)C(=O)c1cccc(OCc2cscn2)c1. The number of carbonyl (C=O) groups excluding carboxylic acids is 1. The van der Waals surface area contributed by atoms with Crippen LogP contribution in [0.1, 0.15) is 21.7 Å². The highest BCUT2D eigenvalue weighted by molar-refractivity contribution is 7.07. The predicted molar refractivity (Wildman–Crippen MR) is 97.8 cm³/mol. The monoisotopic (exact) mass is 353 g/mol. The lowest BCUT2D eigenvalue weighted by molar-refractivity contribution is 0.0796. The zero-order valence-electron chi connectivity index (χ0n) is 14.0. The molecule has 0 bridgehead atoms. The first-order valence-corrected chi connectivity index (χ1v) is 8.92. The molecule has 0 unspecified atom stereocenters. The second-order valence-electron chi connectivity index (χ2n) is 5.59. The van der Waals surface area contributed by atoms with Crippen molar-refractivity contribution in [1.29, 1.82) is 0 Å². The summed E-state index contributed by atoms with van der Waals surface area (Å²) in [7, 11) is 1.80. The van der Waals surface area contributed by atoms with Crippen molar-refractivity contribution in [3.8, 4) is 5.75 Å². The molecule has 128 valence electrons. The summed E-state index contributed by atoms with van der Waals surface area (Å²) in [6.45, 7) is 1.01. The van der Waals surface area contributed by atoms with E-state index in [0.29, 0.717) is 24.5 Å². The third-order valence-corrected chi connectivity index (χ3v) is 4.36. The van der Waals surface area contributed by atoms with E-state index in [9.17, 15) is 4.79 Å². The van der Waals surface area contributed by atoms with Crippen LogP contribution in [0.25, 0.3) is 0 Å². The topological polar surface area (TPSA) is 55.3 Å². The first-order chi connectivity index (χ1) is 12.2. The smallest absolute Gasteiger partial charge is 0.253 e. The Kier molecular flexibility index (Phi) is 5.74. The maximum absolute atomic E-state index is 12.6. The Morgan fingerprint density at radius 3 is 2.84 bits per heavy atom. The van der Waals surface area contributed by atoms with Gasteiger partial charge in [-0.2, -0.15) is 0 Å². The minimum absolute atomic E-state index is 0.0324. The van der Waals surface area contributed by atoms with Gasteiger partial charge in [-0.25, -0.2) is 4.98 Å². The Morgan fingerprint density at radius 2 is 2.08 bits per heavy atom. The maximum atomic E-state index is 12.6. The van der Waals surface area contributed by atoms with E-state index in [2.05, 4.69) is 9.97 Å². The average Bonchev–Trinajstić information content (AvgIpc) is 3.18. The number of pyridine rings is 1. The molecule has 0 aliphatic rings. The third-order valence-electron chi connectivity index (χ3n) is 3.73. The number of nitrogens with zero attached hydrogens (tertiary/aromatic N) is 3. The first-order valence-electron chi connectivity index (χ1n) is 7.97. The molecule has 0 radical (unpaired) electrons. The van der Waals surface area contributed by atoms with E-state index in [0.717, 1.165) is 17.8 Å². The van der Waals surface area contributed by atoms with Crippen molar-refractivity contribution in [2.45, 2.75) is 13.0 Å². The quantitative estimate of drug-likeness (QED) is 0.653. The van der Waals surface area contributed by atoms with Gasteiger partial charge >= 0.3 is 0 Å². The minimum atomic E-state index is -0.0324. The van der Waals surface area contributed by atoms with Gasteiger partial charge in [-0.1, -0.05) is 12.1 Å². The van der Waals surface area contributed by atoms with Crippen molar-refractivity contribution in [3.05, 3.63) is 76.5 Å². The van der Waals surface area contributed by atoms with Gasteiger partial charge in [0.25, 0.3) is 5.91 Å². The predicted octanol–water partition coefficient (Wildman–Crippen LogP) is 3.43. The van der Waals surface area contributed by atoms with Crippen molar-refractivity contribution in [2.75, 3.05) is 13.6 Å². The molecule has 0 spiro atoms. The van der Waals surface area contributed by atoms with E-state index in [-0.39, 0.29) is 5.91 Å². The van der Waals surface area contributed by atoms with Crippen LogP contribution in [0.5, 0.6) is 5.75 Å². The van der Waals surface area contributed by atoms with Crippen LogP contribution in [-0.2, 0) is 13.0 Å². The third kappa shape index (κ3) is 4.87. The van der Waals surface area contributed by atoms with Crippen molar-refractivity contribution < 1.29 is 9.53 Å². The largest absolute Gasteiger partial charge is 0.487 e. The molecule has 2 aromatic heterocycles. The van der Waals surface area contributed by atoms with Crippen molar-refractivity contribution in [3.63, 3.8) is 0 Å². The molecule has 0 saturated carbocycles. The zero-order valence-corrected chi connectivity index (χ0v) is 14.8. The van der Waals surface area contributed by atoms with Gasteiger partial charge in [0.15, 0.2) is 0 Å². The number of rotatable bonds is 7. The number of ether oxygens (including phenoxy) is 1. The van der Waals surface area contributed by atoms with Crippen LogP contribution in [0.15, 0.2) is 59.6 Å². The lowest BCUT2D eigenvalue weighted by Gasteiger charge is -2.17. The lowest BCUT2D eigenvalue weighted by atomic mass is 10.2. The van der Waals surface area contributed by atoms with Crippen LogP contribution in [0.2, 0.25) is 0 Å². The van der Waals surface area contributed by atoms with E-state index in [1.807, 2.05) is 35.7 Å². The molecule has 0 aliphatic carbocycles. The molecule has 1 amide bonds. The molecular formula is C19H19N3O2S. The standard InChI is InChI=1S/C19H19N3O2S/c1-22(10-8-16-6-2-3-9-20-16)19(23)15-5-4-7-18(11-15)24-12-17-13-25-14-21-17/h2-7,9,11,13-14H,8,10,12H2,1H3. The fraction of sp³-hybridized carbons (Fsp3) is 0.211. The summed E-state index contributed by atoms with van der Waals surface area (Å²) >= 11 is 1.53. The van der Waals surface area contributed by atoms with E-state index >= 15 is 0 Å². The molecular weight excluding hydrogens is 334 g/mol. The van der Waals surface area contributed by atoms with Gasteiger partial charge in [0.2, 0.25) is 0 Å². The van der Waals surface area contributed by atoms with Crippen LogP contribution in [0, 0.1) is 0 Å². The Balaban J connectivity index is 1.58. The molecule has 0 aliphatic heterocycles. The number of carbonyl (C=O) groups is 1. The molecule has 3 rings (SSSR count). The molecule has 0 fully saturated rings. The van der Waals surface area contributed by atoms with Crippen LogP contribution in [0.4, 0.5) is 0 Å². The van der Waals surface area contributed by atoms with Crippen LogP contribution < -0.4 is 4.74 Å². The second-order valence-corrected chi connectivity index (χ2v) is 6.31. The fourth-order valence-corrected chi connectivity index (χ4v) is 2.88. The van der Waals surface area contributed by atoms with Gasteiger partial charge in [-0.15, -0.1) is 11.3 Å². The van der Waals surface area contributed by atoms with Gasteiger partial charge < -0.3 is 9.64 Å². The van der Waals surface area contributed by atoms with Gasteiger partial charge in [0.05, 0.1) is 11.2 Å². The summed E-state index contributed by atoms with van der Waals surface area (Å²) in [6.07, 6.45) is 2.49. The molecule has 5 nitrogen and oxygen atoms in total. The lowest BCUT2D eigenvalue weighted by Crippen LogP contribution is -2.29. The van der Waals surface area contributed by atoms with Crippen LogP contribution >= 0.6 is 11.3 Å². The number of benzene rings is 1. The second kappa shape index (κ2) is 8.39. The van der Waals surface area contributed by atoms with Gasteiger partial charge in [-0.05, 0) is 30.3 Å². The Hall–Kier alpha value is -2.73. The zero-order chi connectivity index (χ0) is 17.5. The number of aromatic nitrogens is 2. The van der Waals surface area contributed by atoms with E-state index < -0.39 is 0 Å². The summed E-state index contributed by atoms with van der Waals surface area (Å²) in [5.41, 5.74) is 4.24. The van der Waals surface area contributed by atoms with E-state index in [1.165, 1.54) is 11.3 Å². The number of thiazole rings is 1. The van der Waals surface area contributed by atoms with Gasteiger partial charge in [0.1, 0.15) is 12.4 Å². The van der Waals surface area contributed by atoms with E-state index in [1.54, 1.807) is 35.8 Å². The summed E-state index contributed by atoms with van der Waals surface area (Å²) in [6, 6.07) is 13.0. The molecule has 0 atom stereocenters. The Labute approximate surface area is 150 Å².